The number of benzene rings is 2. The van der Waals surface area contributed by atoms with Crippen LogP contribution in [0.1, 0.15) is 5.56 Å². The quantitative estimate of drug-likeness (QED) is 0.497. The Bertz CT molecular complexity index is 768. The Labute approximate surface area is 164 Å². The van der Waals surface area contributed by atoms with Crippen LogP contribution in [0.5, 0.6) is 0 Å². The van der Waals surface area contributed by atoms with Crippen LogP contribution < -0.4 is 5.32 Å². The minimum absolute atomic E-state index is 0.164. The van der Waals surface area contributed by atoms with Crippen molar-refractivity contribution in [2.75, 3.05) is 23.9 Å². The van der Waals surface area contributed by atoms with Crippen LogP contribution in [-0.2, 0) is 14.3 Å². The maximum Gasteiger partial charge on any atom is 0.316 e. The van der Waals surface area contributed by atoms with E-state index >= 15 is 0 Å². The van der Waals surface area contributed by atoms with Gasteiger partial charge in [0.25, 0.3) is 5.91 Å². The smallest absolute Gasteiger partial charge is 0.316 e. The Kier molecular flexibility index (Phi) is 7.87. The third-order valence-electron chi connectivity index (χ3n) is 3.20. The summed E-state index contributed by atoms with van der Waals surface area (Å²) in [5, 5.41) is 2.72. The van der Waals surface area contributed by atoms with E-state index in [-0.39, 0.29) is 18.3 Å². The second-order valence-electron chi connectivity index (χ2n) is 5.14. The van der Waals surface area contributed by atoms with Gasteiger partial charge in [0.1, 0.15) is 0 Å². The Morgan fingerprint density at radius 2 is 2.00 bits per heavy atom. The highest BCUT2D eigenvalue weighted by Gasteiger charge is 2.10. The van der Waals surface area contributed by atoms with Gasteiger partial charge in [0.15, 0.2) is 6.61 Å². The minimum Gasteiger partial charge on any atom is -0.455 e. The lowest BCUT2D eigenvalue weighted by atomic mass is 10.2. The van der Waals surface area contributed by atoms with E-state index in [1.807, 2.05) is 49.6 Å². The predicted octanol–water partition coefficient (Wildman–Crippen LogP) is 4.75. The summed E-state index contributed by atoms with van der Waals surface area (Å²) in [6.45, 7) is 1.69. The van der Waals surface area contributed by atoms with E-state index in [2.05, 4.69) is 21.2 Å². The summed E-state index contributed by atoms with van der Waals surface area (Å²) in [6, 6.07) is 13.4. The summed E-state index contributed by atoms with van der Waals surface area (Å²) in [5.74, 6) is -0.602. The van der Waals surface area contributed by atoms with E-state index < -0.39 is 5.97 Å². The molecule has 0 fully saturated rings. The Morgan fingerprint density at radius 3 is 2.72 bits per heavy atom. The van der Waals surface area contributed by atoms with Crippen molar-refractivity contribution in [3.05, 3.63) is 52.5 Å². The first-order valence-corrected chi connectivity index (χ1v) is 10.5. The standard InChI is InChI=1S/C18H18BrNO3S2/c1-12-8-13(19)6-7-16(12)25-11-18(22)23-10-17(21)20-14-4-3-5-15(9-14)24-2/h3-9H,10-11H2,1-2H3,(H,20,21). The molecule has 1 amide bonds. The largest absolute Gasteiger partial charge is 0.455 e. The third-order valence-corrected chi connectivity index (χ3v) is 5.57. The average Bonchev–Trinajstić information content (AvgIpc) is 2.59. The molecule has 1 N–H and O–H groups in total. The van der Waals surface area contributed by atoms with Crippen molar-refractivity contribution in [3.63, 3.8) is 0 Å². The van der Waals surface area contributed by atoms with Crippen molar-refractivity contribution in [1.82, 2.24) is 0 Å². The monoisotopic (exact) mass is 439 g/mol. The van der Waals surface area contributed by atoms with Gasteiger partial charge in [0, 0.05) is 20.0 Å². The number of ether oxygens (including phenoxy) is 1. The molecule has 4 nitrogen and oxygen atoms in total. The number of esters is 1. The Morgan fingerprint density at radius 1 is 1.20 bits per heavy atom. The van der Waals surface area contributed by atoms with Crippen LogP contribution in [0.25, 0.3) is 0 Å². The van der Waals surface area contributed by atoms with Crippen molar-refractivity contribution >= 4 is 57.0 Å². The van der Waals surface area contributed by atoms with Gasteiger partial charge in [-0.25, -0.2) is 0 Å². The fourth-order valence-electron chi connectivity index (χ4n) is 2.00. The van der Waals surface area contributed by atoms with Crippen LogP contribution in [0, 0.1) is 6.92 Å². The molecule has 0 saturated heterocycles. The van der Waals surface area contributed by atoms with Gasteiger partial charge in [-0.05, 0) is 55.1 Å². The number of hydrogen-bond acceptors (Lipinski definition) is 5. The summed E-state index contributed by atoms with van der Waals surface area (Å²) in [4.78, 5) is 25.8. The first kappa shape index (κ1) is 19.9. The Balaban J connectivity index is 1.76. The molecule has 0 atom stereocenters. The molecule has 0 unspecified atom stereocenters. The number of thioether (sulfide) groups is 2. The highest BCUT2D eigenvalue weighted by molar-refractivity contribution is 9.10. The second-order valence-corrected chi connectivity index (χ2v) is 7.95. The molecule has 132 valence electrons. The van der Waals surface area contributed by atoms with Crippen LogP contribution >= 0.6 is 39.5 Å². The van der Waals surface area contributed by atoms with Crippen molar-refractivity contribution in [2.24, 2.45) is 0 Å². The molecule has 0 aliphatic carbocycles. The number of rotatable bonds is 7. The summed E-state index contributed by atoms with van der Waals surface area (Å²) >= 11 is 6.39. The van der Waals surface area contributed by atoms with Crippen LogP contribution in [0.2, 0.25) is 0 Å². The van der Waals surface area contributed by atoms with Crippen LogP contribution in [0.15, 0.2) is 56.7 Å². The van der Waals surface area contributed by atoms with Crippen LogP contribution in [-0.4, -0.2) is 30.5 Å². The molecule has 0 aliphatic heterocycles. The van der Waals surface area contributed by atoms with Gasteiger partial charge in [0.2, 0.25) is 0 Å². The molecule has 2 aromatic rings. The topological polar surface area (TPSA) is 55.4 Å². The van der Waals surface area contributed by atoms with Crippen LogP contribution in [0.4, 0.5) is 5.69 Å². The molecule has 0 aromatic heterocycles. The number of nitrogens with one attached hydrogen (secondary N) is 1. The fourth-order valence-corrected chi connectivity index (χ4v) is 3.74. The van der Waals surface area contributed by atoms with E-state index in [1.165, 1.54) is 11.8 Å². The number of anilines is 1. The number of amides is 1. The lowest BCUT2D eigenvalue weighted by molar-refractivity contribution is -0.144. The van der Waals surface area contributed by atoms with Crippen molar-refractivity contribution in [1.29, 1.82) is 0 Å². The van der Waals surface area contributed by atoms with Gasteiger partial charge < -0.3 is 10.1 Å². The van der Waals surface area contributed by atoms with Gasteiger partial charge in [-0.3, -0.25) is 9.59 Å². The SMILES string of the molecule is CSc1cccc(NC(=O)COC(=O)CSc2ccc(Br)cc2C)c1. The predicted molar refractivity (Wildman–Crippen MR) is 107 cm³/mol. The first-order chi connectivity index (χ1) is 12.0. The molecule has 0 aliphatic rings. The average molecular weight is 440 g/mol. The van der Waals surface area contributed by atoms with E-state index in [0.717, 1.165) is 19.8 Å². The molecular weight excluding hydrogens is 422 g/mol. The molecule has 0 radical (unpaired) electrons. The van der Waals surface area contributed by atoms with E-state index in [0.29, 0.717) is 5.69 Å². The highest BCUT2D eigenvalue weighted by Crippen LogP contribution is 2.25. The van der Waals surface area contributed by atoms with Crippen LogP contribution in [0.3, 0.4) is 0 Å². The van der Waals surface area contributed by atoms with Crippen molar-refractivity contribution in [3.8, 4) is 0 Å². The number of aryl methyl sites for hydroxylation is 1. The minimum atomic E-state index is -0.416. The third kappa shape index (κ3) is 6.76. The second kappa shape index (κ2) is 9.89. The van der Waals surface area contributed by atoms with E-state index in [4.69, 9.17) is 4.74 Å². The van der Waals surface area contributed by atoms with E-state index in [1.54, 1.807) is 17.8 Å². The first-order valence-electron chi connectivity index (χ1n) is 7.46. The summed E-state index contributed by atoms with van der Waals surface area (Å²) in [7, 11) is 0. The van der Waals surface area contributed by atoms with Gasteiger partial charge in [0.05, 0.1) is 5.75 Å². The highest BCUT2D eigenvalue weighted by atomic mass is 79.9. The fraction of sp³-hybridized carbons (Fsp3) is 0.222. The number of hydrogen-bond donors (Lipinski definition) is 1. The lowest BCUT2D eigenvalue weighted by Crippen LogP contribution is -2.21. The zero-order valence-corrected chi connectivity index (χ0v) is 17.1. The molecule has 25 heavy (non-hydrogen) atoms. The zero-order valence-electron chi connectivity index (χ0n) is 13.9. The van der Waals surface area contributed by atoms with Crippen molar-refractivity contribution < 1.29 is 14.3 Å². The van der Waals surface area contributed by atoms with Gasteiger partial charge in [-0.15, -0.1) is 23.5 Å². The maximum atomic E-state index is 11.9. The molecule has 0 bridgehead atoms. The van der Waals surface area contributed by atoms with Gasteiger partial charge in [-0.1, -0.05) is 22.0 Å². The molecule has 2 aromatic carbocycles. The lowest BCUT2D eigenvalue weighted by Gasteiger charge is -2.08. The van der Waals surface area contributed by atoms with Gasteiger partial charge in [-0.2, -0.15) is 0 Å². The molecule has 2 rings (SSSR count). The zero-order chi connectivity index (χ0) is 18.2. The molecular formula is C18H18BrNO3S2. The molecule has 0 spiro atoms. The molecule has 0 heterocycles. The maximum absolute atomic E-state index is 11.9. The molecule has 7 heteroatoms. The summed E-state index contributed by atoms with van der Waals surface area (Å²) < 4.78 is 6.03. The van der Waals surface area contributed by atoms with Gasteiger partial charge >= 0.3 is 5.97 Å². The number of halogens is 1. The molecule has 0 saturated carbocycles. The Hall–Kier alpha value is -1.44. The number of carbonyl (C=O) groups is 2. The van der Waals surface area contributed by atoms with E-state index in [9.17, 15) is 9.59 Å². The number of carbonyl (C=O) groups excluding carboxylic acids is 2. The summed E-state index contributed by atoms with van der Waals surface area (Å²) in [5.41, 5.74) is 1.77. The van der Waals surface area contributed by atoms with Crippen molar-refractivity contribution in [2.45, 2.75) is 16.7 Å². The normalized spacial score (nSPS) is 10.4. The summed E-state index contributed by atoms with van der Waals surface area (Å²) in [6.07, 6.45) is 1.97.